The number of aliphatic hydroxyl groups is 1. The van der Waals surface area contributed by atoms with Gasteiger partial charge in [-0.2, -0.15) is 0 Å². The van der Waals surface area contributed by atoms with Gasteiger partial charge in [-0.25, -0.2) is 0 Å². The van der Waals surface area contributed by atoms with Crippen LogP contribution < -0.4 is 5.73 Å². The molecule has 0 aliphatic heterocycles. The SMILES string of the molecule is CC(C)n1c(CN)nnc1SC1CCCCCC1O. The molecule has 2 rings (SSSR count). The zero-order valence-corrected chi connectivity index (χ0v) is 12.6. The lowest BCUT2D eigenvalue weighted by molar-refractivity contribution is 0.163. The van der Waals surface area contributed by atoms with Gasteiger partial charge in [0.2, 0.25) is 0 Å². The van der Waals surface area contributed by atoms with Crippen LogP contribution in [0.4, 0.5) is 0 Å². The van der Waals surface area contributed by atoms with Gasteiger partial charge in [0.05, 0.1) is 12.6 Å². The molecule has 1 aliphatic rings. The summed E-state index contributed by atoms with van der Waals surface area (Å²) in [6.45, 7) is 4.62. The molecule has 1 aromatic heterocycles. The molecular formula is C13H24N4OS. The van der Waals surface area contributed by atoms with E-state index < -0.39 is 0 Å². The van der Waals surface area contributed by atoms with Crippen molar-refractivity contribution in [3.63, 3.8) is 0 Å². The number of thioether (sulfide) groups is 1. The van der Waals surface area contributed by atoms with Crippen LogP contribution in [0.2, 0.25) is 0 Å². The van der Waals surface area contributed by atoms with E-state index in [0.29, 0.717) is 12.6 Å². The lowest BCUT2D eigenvalue weighted by atomic mass is 10.1. The third-order valence-electron chi connectivity index (χ3n) is 3.61. The van der Waals surface area contributed by atoms with Crippen molar-refractivity contribution < 1.29 is 5.11 Å². The predicted octanol–water partition coefficient (Wildman–Crippen LogP) is 2.10. The minimum Gasteiger partial charge on any atom is -0.392 e. The molecule has 2 atom stereocenters. The average molecular weight is 284 g/mol. The summed E-state index contributed by atoms with van der Waals surface area (Å²) in [7, 11) is 0. The zero-order valence-electron chi connectivity index (χ0n) is 11.7. The van der Waals surface area contributed by atoms with E-state index in [0.717, 1.165) is 30.2 Å². The van der Waals surface area contributed by atoms with E-state index in [4.69, 9.17) is 5.73 Å². The summed E-state index contributed by atoms with van der Waals surface area (Å²) in [5, 5.41) is 19.7. The molecule has 0 saturated heterocycles. The van der Waals surface area contributed by atoms with Gasteiger partial charge >= 0.3 is 0 Å². The van der Waals surface area contributed by atoms with Crippen LogP contribution >= 0.6 is 11.8 Å². The summed E-state index contributed by atoms with van der Waals surface area (Å²) in [6, 6.07) is 0.291. The fourth-order valence-corrected chi connectivity index (χ4v) is 3.94. The van der Waals surface area contributed by atoms with Crippen molar-refractivity contribution >= 4 is 11.8 Å². The molecule has 0 radical (unpaired) electrons. The summed E-state index contributed by atoms with van der Waals surface area (Å²) < 4.78 is 2.09. The van der Waals surface area contributed by atoms with Crippen LogP contribution in [-0.4, -0.2) is 31.2 Å². The summed E-state index contributed by atoms with van der Waals surface area (Å²) in [5.74, 6) is 0.820. The lowest BCUT2D eigenvalue weighted by Gasteiger charge is -2.20. The van der Waals surface area contributed by atoms with E-state index in [9.17, 15) is 5.11 Å². The molecule has 1 fully saturated rings. The van der Waals surface area contributed by atoms with Crippen LogP contribution in [0.1, 0.15) is 57.8 Å². The molecule has 2 unspecified atom stereocenters. The van der Waals surface area contributed by atoms with Crippen molar-refractivity contribution in [3.05, 3.63) is 5.82 Å². The van der Waals surface area contributed by atoms with Gasteiger partial charge in [-0.3, -0.25) is 0 Å². The molecular weight excluding hydrogens is 260 g/mol. The molecule has 6 heteroatoms. The average Bonchev–Trinajstić information content (AvgIpc) is 2.68. The van der Waals surface area contributed by atoms with Crippen molar-refractivity contribution in [2.75, 3.05) is 0 Å². The molecule has 0 spiro atoms. The Balaban J connectivity index is 2.15. The summed E-state index contributed by atoms with van der Waals surface area (Å²) in [6.07, 6.45) is 5.26. The Hall–Kier alpha value is -0.590. The maximum Gasteiger partial charge on any atom is 0.191 e. The fraction of sp³-hybridized carbons (Fsp3) is 0.846. The van der Waals surface area contributed by atoms with Gasteiger partial charge < -0.3 is 15.4 Å². The third-order valence-corrected chi connectivity index (χ3v) is 4.95. The van der Waals surface area contributed by atoms with Crippen molar-refractivity contribution in [1.29, 1.82) is 0 Å². The maximum atomic E-state index is 10.2. The Kier molecular flexibility index (Phi) is 5.24. The topological polar surface area (TPSA) is 77.0 Å². The molecule has 3 N–H and O–H groups in total. The number of nitrogens with zero attached hydrogens (tertiary/aromatic N) is 3. The third kappa shape index (κ3) is 3.49. The zero-order chi connectivity index (χ0) is 13.8. The van der Waals surface area contributed by atoms with E-state index in [2.05, 4.69) is 28.6 Å². The van der Waals surface area contributed by atoms with Crippen LogP contribution in [0.5, 0.6) is 0 Å². The Morgan fingerprint density at radius 3 is 2.74 bits per heavy atom. The van der Waals surface area contributed by atoms with E-state index in [-0.39, 0.29) is 11.4 Å². The molecule has 0 amide bonds. The minimum atomic E-state index is -0.230. The van der Waals surface area contributed by atoms with Crippen molar-refractivity contribution in [3.8, 4) is 0 Å². The summed E-state index contributed by atoms with van der Waals surface area (Å²) in [5.41, 5.74) is 5.71. The first-order chi connectivity index (χ1) is 9.13. The van der Waals surface area contributed by atoms with Gasteiger partial charge in [0.15, 0.2) is 5.16 Å². The Labute approximate surface area is 119 Å². The van der Waals surface area contributed by atoms with Crippen molar-refractivity contribution in [2.45, 2.75) is 75.0 Å². The van der Waals surface area contributed by atoms with Gasteiger partial charge in [0.25, 0.3) is 0 Å². The number of hydrogen-bond donors (Lipinski definition) is 2. The van der Waals surface area contributed by atoms with E-state index in [1.54, 1.807) is 11.8 Å². The van der Waals surface area contributed by atoms with Crippen LogP contribution in [0, 0.1) is 0 Å². The number of nitrogens with two attached hydrogens (primary N) is 1. The van der Waals surface area contributed by atoms with Crippen molar-refractivity contribution in [2.24, 2.45) is 5.73 Å². The smallest absolute Gasteiger partial charge is 0.191 e. The van der Waals surface area contributed by atoms with Gasteiger partial charge in [-0.05, 0) is 26.7 Å². The van der Waals surface area contributed by atoms with Crippen LogP contribution in [-0.2, 0) is 6.54 Å². The molecule has 0 aromatic carbocycles. The summed E-state index contributed by atoms with van der Waals surface area (Å²) >= 11 is 1.66. The molecule has 19 heavy (non-hydrogen) atoms. The Bertz CT molecular complexity index is 407. The second kappa shape index (κ2) is 6.72. The molecule has 1 saturated carbocycles. The van der Waals surface area contributed by atoms with Gasteiger partial charge in [0, 0.05) is 11.3 Å². The van der Waals surface area contributed by atoms with Crippen molar-refractivity contribution in [1.82, 2.24) is 14.8 Å². The number of hydrogen-bond acceptors (Lipinski definition) is 5. The highest BCUT2D eigenvalue weighted by atomic mass is 32.2. The Morgan fingerprint density at radius 1 is 1.32 bits per heavy atom. The number of rotatable bonds is 4. The molecule has 1 heterocycles. The first kappa shape index (κ1) is 14.8. The predicted molar refractivity (Wildman–Crippen MR) is 77.0 cm³/mol. The largest absolute Gasteiger partial charge is 0.392 e. The van der Waals surface area contributed by atoms with E-state index in [1.165, 1.54) is 12.8 Å². The molecule has 1 aromatic rings. The normalized spacial score (nSPS) is 24.7. The molecule has 5 nitrogen and oxygen atoms in total. The first-order valence-electron chi connectivity index (χ1n) is 7.12. The number of aromatic nitrogens is 3. The minimum absolute atomic E-state index is 0.230. The van der Waals surface area contributed by atoms with Crippen LogP contribution in [0.25, 0.3) is 0 Å². The first-order valence-corrected chi connectivity index (χ1v) is 8.00. The highest BCUT2D eigenvalue weighted by molar-refractivity contribution is 7.99. The molecule has 108 valence electrons. The molecule has 1 aliphatic carbocycles. The van der Waals surface area contributed by atoms with E-state index >= 15 is 0 Å². The number of aliphatic hydroxyl groups excluding tert-OH is 1. The highest BCUT2D eigenvalue weighted by Crippen LogP contribution is 2.33. The van der Waals surface area contributed by atoms with Gasteiger partial charge in [0.1, 0.15) is 5.82 Å². The second-order valence-electron chi connectivity index (χ2n) is 5.43. The lowest BCUT2D eigenvalue weighted by Crippen LogP contribution is -2.22. The second-order valence-corrected chi connectivity index (χ2v) is 6.63. The standard InChI is InChI=1S/C13H24N4OS/c1-9(2)17-12(8-14)15-16-13(17)19-11-7-5-3-4-6-10(11)18/h9-11,18H,3-8,14H2,1-2H3. The maximum absolute atomic E-state index is 10.2. The van der Waals surface area contributed by atoms with Gasteiger partial charge in [-0.1, -0.05) is 31.0 Å². The Morgan fingerprint density at radius 2 is 2.05 bits per heavy atom. The van der Waals surface area contributed by atoms with Gasteiger partial charge in [-0.15, -0.1) is 10.2 Å². The summed E-state index contributed by atoms with van der Waals surface area (Å²) in [4.78, 5) is 0. The quantitative estimate of drug-likeness (QED) is 0.828. The van der Waals surface area contributed by atoms with E-state index in [1.807, 2.05) is 0 Å². The van der Waals surface area contributed by atoms with Crippen LogP contribution in [0.15, 0.2) is 5.16 Å². The monoisotopic (exact) mass is 284 g/mol. The highest BCUT2D eigenvalue weighted by Gasteiger charge is 2.25. The van der Waals surface area contributed by atoms with Crippen LogP contribution in [0.3, 0.4) is 0 Å². The fourth-order valence-electron chi connectivity index (χ4n) is 2.57. The molecule has 0 bridgehead atoms.